The fraction of sp³-hybridized carbons (Fsp3) is 0.429. The molecule has 1 aromatic heterocycles. The van der Waals surface area contributed by atoms with Gasteiger partial charge in [-0.15, -0.1) is 0 Å². The number of carbonyl (C=O) groups is 1. The number of carbonyl (C=O) groups excluding carboxylic acids is 1. The molecule has 3 aromatic rings. The van der Waals surface area contributed by atoms with E-state index < -0.39 is 11.2 Å². The molecule has 3 aliphatic rings. The summed E-state index contributed by atoms with van der Waals surface area (Å²) >= 11 is 0. The minimum atomic E-state index is -0.865. The molecule has 1 aliphatic heterocycles. The van der Waals surface area contributed by atoms with Gasteiger partial charge in [0.05, 0.1) is 11.5 Å². The maximum Gasteiger partial charge on any atom is 0.459 e. The monoisotopic (exact) mass is 607 g/mol. The summed E-state index contributed by atoms with van der Waals surface area (Å²) in [4.78, 5) is 32.0. The number of benzene rings is 2. The van der Waals surface area contributed by atoms with Crippen LogP contribution in [0, 0.1) is 23.2 Å². The van der Waals surface area contributed by atoms with Crippen LogP contribution in [0.25, 0.3) is 5.70 Å². The normalized spacial score (nSPS) is 24.5. The number of nitriles is 1. The van der Waals surface area contributed by atoms with Crippen molar-refractivity contribution in [2.75, 3.05) is 27.2 Å². The van der Waals surface area contributed by atoms with E-state index >= 15 is 0 Å². The van der Waals surface area contributed by atoms with E-state index in [-0.39, 0.29) is 11.9 Å². The highest BCUT2D eigenvalue weighted by Gasteiger charge is 2.58. The van der Waals surface area contributed by atoms with Gasteiger partial charge in [-0.05, 0) is 90.1 Å². The van der Waals surface area contributed by atoms with Gasteiger partial charge >= 0.3 is 5.76 Å². The number of aromatic nitrogens is 2. The topological polar surface area (TPSA) is 128 Å². The zero-order valence-electron chi connectivity index (χ0n) is 26.4. The van der Waals surface area contributed by atoms with Crippen LogP contribution in [0.15, 0.2) is 64.6 Å². The molecular formula is C35H41N7O3. The first kappa shape index (κ1) is 30.4. The van der Waals surface area contributed by atoms with Crippen molar-refractivity contribution < 1.29 is 9.32 Å². The molecule has 10 nitrogen and oxygen atoms in total. The number of nitrogens with one attached hydrogen (secondary N) is 3. The van der Waals surface area contributed by atoms with Gasteiger partial charge in [-0.1, -0.05) is 38.3 Å². The molecular weight excluding hydrogens is 566 g/mol. The van der Waals surface area contributed by atoms with E-state index in [1.807, 2.05) is 31.3 Å². The smallest absolute Gasteiger partial charge is 0.388 e. The van der Waals surface area contributed by atoms with Gasteiger partial charge in [-0.2, -0.15) is 15.0 Å². The summed E-state index contributed by atoms with van der Waals surface area (Å²) in [5.74, 6) is 0.851. The molecule has 6 rings (SSSR count). The highest BCUT2D eigenvalue weighted by molar-refractivity contribution is 5.94. The van der Waals surface area contributed by atoms with Crippen molar-refractivity contribution in [1.29, 1.82) is 5.26 Å². The van der Waals surface area contributed by atoms with Crippen LogP contribution in [0.3, 0.4) is 0 Å². The molecule has 10 heteroatoms. The lowest BCUT2D eigenvalue weighted by Crippen LogP contribution is -2.39. The van der Waals surface area contributed by atoms with E-state index in [1.165, 1.54) is 4.74 Å². The Morgan fingerprint density at radius 2 is 1.78 bits per heavy atom. The predicted molar refractivity (Wildman–Crippen MR) is 172 cm³/mol. The van der Waals surface area contributed by atoms with Crippen molar-refractivity contribution >= 4 is 11.6 Å². The molecule has 0 bridgehead atoms. The summed E-state index contributed by atoms with van der Waals surface area (Å²) in [7, 11) is 5.19. The lowest BCUT2D eigenvalue weighted by molar-refractivity contribution is 0.0963. The van der Waals surface area contributed by atoms with Crippen LogP contribution in [-0.2, 0) is 25.3 Å². The number of likely N-dealkylation sites (tertiary alicyclic amines) is 1. The van der Waals surface area contributed by atoms with E-state index in [1.54, 1.807) is 14.1 Å². The molecule has 2 heterocycles. The summed E-state index contributed by atoms with van der Waals surface area (Å²) in [6.45, 7) is 11.9. The maximum atomic E-state index is 12.7. The highest BCUT2D eigenvalue weighted by atomic mass is 16.5. The SMILES string of the molecule is C=C(NC)c1ccc2c(c1)CCc1cc(C(=O)NC)ccc1C2(CCNCC(=C)N1C(C#N)C[C@@H]2[C@H](C)[C@@H]21)c1nc(=O)on1C. The largest absolute Gasteiger partial charge is 0.459 e. The number of hydrogen-bond donors (Lipinski definition) is 3. The maximum absolute atomic E-state index is 12.7. The molecule has 2 aliphatic carbocycles. The van der Waals surface area contributed by atoms with Crippen LogP contribution in [0.5, 0.6) is 0 Å². The van der Waals surface area contributed by atoms with Crippen LogP contribution < -0.4 is 21.7 Å². The van der Waals surface area contributed by atoms with Gasteiger partial charge in [0, 0.05) is 50.7 Å². The average Bonchev–Trinajstić information content (AvgIpc) is 3.34. The first-order valence-corrected chi connectivity index (χ1v) is 15.6. The Kier molecular flexibility index (Phi) is 7.91. The van der Waals surface area contributed by atoms with E-state index in [2.05, 4.69) is 64.1 Å². The molecule has 2 aromatic carbocycles. The zero-order valence-corrected chi connectivity index (χ0v) is 26.4. The van der Waals surface area contributed by atoms with Crippen molar-refractivity contribution in [2.45, 2.75) is 50.1 Å². The quantitative estimate of drug-likeness (QED) is 0.300. The summed E-state index contributed by atoms with van der Waals surface area (Å²) in [5, 5.41) is 19.2. The van der Waals surface area contributed by atoms with Crippen molar-refractivity contribution in [3.8, 4) is 6.07 Å². The molecule has 0 radical (unpaired) electrons. The first-order valence-electron chi connectivity index (χ1n) is 15.6. The highest BCUT2D eigenvalue weighted by Crippen LogP contribution is 2.54. The van der Waals surface area contributed by atoms with E-state index in [9.17, 15) is 14.9 Å². The van der Waals surface area contributed by atoms with Crippen LogP contribution in [-0.4, -0.2) is 59.8 Å². The molecule has 3 N–H and O–H groups in total. The second-order valence-electron chi connectivity index (χ2n) is 12.5. The third-order valence-corrected chi connectivity index (χ3v) is 10.2. The molecule has 45 heavy (non-hydrogen) atoms. The third kappa shape index (κ3) is 5.05. The first-order chi connectivity index (χ1) is 21.6. The number of amides is 1. The minimum absolute atomic E-state index is 0.127. The Morgan fingerprint density at radius 1 is 1.11 bits per heavy atom. The number of aryl methyl sites for hydroxylation is 3. The number of nitrogens with zero attached hydrogens (tertiary/aromatic N) is 4. The fourth-order valence-electron chi connectivity index (χ4n) is 7.85. The molecule has 2 unspecified atom stereocenters. The summed E-state index contributed by atoms with van der Waals surface area (Å²) in [6.07, 6.45) is 2.88. The Labute approximate surface area is 263 Å². The van der Waals surface area contributed by atoms with Crippen LogP contribution >= 0.6 is 0 Å². The summed E-state index contributed by atoms with van der Waals surface area (Å²) < 4.78 is 6.95. The van der Waals surface area contributed by atoms with Gasteiger partial charge < -0.3 is 25.4 Å². The van der Waals surface area contributed by atoms with E-state index in [0.717, 1.165) is 52.1 Å². The Balaban J connectivity index is 1.42. The van der Waals surface area contributed by atoms with Crippen molar-refractivity contribution in [1.82, 2.24) is 30.6 Å². The molecule has 5 atom stereocenters. The predicted octanol–water partition coefficient (Wildman–Crippen LogP) is 3.08. The molecule has 2 fully saturated rings. The van der Waals surface area contributed by atoms with Gasteiger partial charge in [0.2, 0.25) is 0 Å². The van der Waals surface area contributed by atoms with Crippen molar-refractivity contribution in [2.24, 2.45) is 18.9 Å². The summed E-state index contributed by atoms with van der Waals surface area (Å²) in [5.41, 5.74) is 6.58. The zero-order chi connectivity index (χ0) is 32.0. The number of hydrogen-bond acceptors (Lipinski definition) is 8. The van der Waals surface area contributed by atoms with E-state index in [4.69, 9.17) is 4.52 Å². The van der Waals surface area contributed by atoms with Crippen molar-refractivity contribution in [3.63, 3.8) is 0 Å². The standard InChI is InChI=1S/C35H41N7O3/c1-20(42-27(18-36)17-28-21(2)31(28)42)19-39-14-13-35(33-40-34(44)45-41(33)6)29-11-9-23(22(3)37-4)15-24(29)7-8-25-16-26(32(43)38-5)10-12-30(25)35/h9-12,15-16,21,27-28,31,37,39H,1,3,7-8,13-14,17,19H2,2,4-6H3,(H,38,43)/t21-,27?,28+,31-,35?/m0/s1. The summed E-state index contributed by atoms with van der Waals surface area (Å²) in [6, 6.07) is 14.9. The van der Waals surface area contributed by atoms with E-state index in [0.29, 0.717) is 55.2 Å². The third-order valence-electron chi connectivity index (χ3n) is 10.2. The lowest BCUT2D eigenvalue weighted by atomic mass is 9.69. The van der Waals surface area contributed by atoms with Gasteiger partial charge in [0.15, 0.2) is 5.82 Å². The molecule has 234 valence electrons. The minimum Gasteiger partial charge on any atom is -0.388 e. The second-order valence-corrected chi connectivity index (χ2v) is 12.5. The second kappa shape index (κ2) is 11.7. The molecule has 1 amide bonds. The Morgan fingerprint density at radius 3 is 2.38 bits per heavy atom. The van der Waals surface area contributed by atoms with Gasteiger partial charge in [-0.3, -0.25) is 4.79 Å². The number of fused-ring (bicyclic) bond motifs is 3. The number of piperidine rings is 1. The molecule has 1 saturated heterocycles. The van der Waals surface area contributed by atoms with Gasteiger partial charge in [0.25, 0.3) is 5.91 Å². The van der Waals surface area contributed by atoms with Gasteiger partial charge in [0.1, 0.15) is 6.04 Å². The van der Waals surface area contributed by atoms with Crippen LogP contribution in [0.4, 0.5) is 0 Å². The Bertz CT molecular complexity index is 1710. The van der Waals surface area contributed by atoms with Gasteiger partial charge in [-0.25, -0.2) is 4.79 Å². The van der Waals surface area contributed by atoms with Crippen molar-refractivity contribution in [3.05, 3.63) is 105 Å². The average molecular weight is 608 g/mol. The van der Waals surface area contributed by atoms with Crippen LogP contribution in [0.1, 0.15) is 63.8 Å². The Hall–Kier alpha value is -4.62. The lowest BCUT2D eigenvalue weighted by Gasteiger charge is -2.36. The fourth-order valence-corrected chi connectivity index (χ4v) is 7.85. The molecule has 1 saturated carbocycles. The van der Waals surface area contributed by atoms with Crippen LogP contribution in [0.2, 0.25) is 0 Å². The number of rotatable bonds is 10. The molecule has 0 spiro atoms.